The van der Waals surface area contributed by atoms with E-state index in [1.165, 1.54) is 12.4 Å². The summed E-state index contributed by atoms with van der Waals surface area (Å²) < 4.78 is 25.5. The molecule has 2 rings (SSSR count). The molecule has 0 aliphatic rings. The molecule has 2 aromatic rings. The molecule has 0 saturated carbocycles. The maximum atomic E-state index is 11.6. The summed E-state index contributed by atoms with van der Waals surface area (Å²) in [5, 5.41) is 8.49. The van der Waals surface area contributed by atoms with E-state index >= 15 is 0 Å². The fraction of sp³-hybridized carbons (Fsp3) is 0.154. The fourth-order valence-electron chi connectivity index (χ4n) is 1.57. The maximum absolute atomic E-state index is 11.6. The molecule has 0 atom stereocenters. The van der Waals surface area contributed by atoms with Crippen molar-refractivity contribution in [2.75, 3.05) is 10.5 Å². The molecule has 1 aromatic heterocycles. The summed E-state index contributed by atoms with van der Waals surface area (Å²) in [6.07, 6.45) is 2.22. The number of anilines is 1. The first kappa shape index (κ1) is 14.9. The number of carboxylic acid groups (broad SMARTS) is 1. The molecule has 0 spiro atoms. The first-order chi connectivity index (χ1) is 9.96. The van der Waals surface area contributed by atoms with Gasteiger partial charge < -0.3 is 5.11 Å². The van der Waals surface area contributed by atoms with E-state index in [0.717, 1.165) is 5.56 Å². The minimum atomic E-state index is -3.72. The van der Waals surface area contributed by atoms with E-state index in [2.05, 4.69) is 14.7 Å². The molecule has 1 aromatic carbocycles. The number of nitrogens with one attached hydrogen (secondary N) is 1. The van der Waals surface area contributed by atoms with Crippen LogP contribution in [-0.2, 0) is 14.8 Å². The van der Waals surface area contributed by atoms with Gasteiger partial charge in [-0.1, -0.05) is 30.3 Å². The summed E-state index contributed by atoms with van der Waals surface area (Å²) in [4.78, 5) is 18.5. The summed E-state index contributed by atoms with van der Waals surface area (Å²) in [7, 11) is -3.72. The predicted molar refractivity (Wildman–Crippen MR) is 77.1 cm³/mol. The van der Waals surface area contributed by atoms with Gasteiger partial charge in [0.15, 0.2) is 5.82 Å². The lowest BCUT2D eigenvalue weighted by molar-refractivity contribution is -0.136. The number of nitrogens with zero attached hydrogens (tertiary/aromatic N) is 2. The van der Waals surface area contributed by atoms with Gasteiger partial charge in [-0.3, -0.25) is 9.52 Å². The Balaban J connectivity index is 2.08. The van der Waals surface area contributed by atoms with Crippen LogP contribution in [0.2, 0.25) is 0 Å². The van der Waals surface area contributed by atoms with Crippen molar-refractivity contribution in [3.63, 3.8) is 0 Å². The number of carbonyl (C=O) groups is 1. The molecule has 1 heterocycles. The normalized spacial score (nSPS) is 11.0. The zero-order chi connectivity index (χ0) is 15.3. The van der Waals surface area contributed by atoms with Crippen LogP contribution in [0.4, 0.5) is 5.69 Å². The van der Waals surface area contributed by atoms with Gasteiger partial charge in [-0.15, -0.1) is 0 Å². The van der Waals surface area contributed by atoms with Gasteiger partial charge in [-0.25, -0.2) is 18.4 Å². The standard InChI is InChI=1S/C13H13N3O4S/c17-12(18)6-7-21(19,20)16-11-8-14-13(15-9-11)10-4-2-1-3-5-10/h1-5,8-9,16H,6-7H2,(H,17,18). The molecule has 0 saturated heterocycles. The number of aromatic nitrogens is 2. The number of rotatable bonds is 6. The Bertz CT molecular complexity index is 715. The molecule has 0 amide bonds. The Hall–Kier alpha value is -2.48. The van der Waals surface area contributed by atoms with E-state index in [9.17, 15) is 13.2 Å². The molecular weight excluding hydrogens is 294 g/mol. The summed E-state index contributed by atoms with van der Waals surface area (Å²) in [6, 6.07) is 9.24. The van der Waals surface area contributed by atoms with Crippen molar-refractivity contribution in [3.05, 3.63) is 42.7 Å². The second kappa shape index (κ2) is 6.31. The van der Waals surface area contributed by atoms with Crippen LogP contribution in [0.1, 0.15) is 6.42 Å². The van der Waals surface area contributed by atoms with Crippen LogP contribution >= 0.6 is 0 Å². The second-order valence-electron chi connectivity index (χ2n) is 4.23. The van der Waals surface area contributed by atoms with Crippen LogP contribution in [0, 0.1) is 0 Å². The molecule has 7 nitrogen and oxygen atoms in total. The van der Waals surface area contributed by atoms with Crippen molar-refractivity contribution in [2.45, 2.75) is 6.42 Å². The third-order valence-corrected chi connectivity index (χ3v) is 3.83. The molecule has 110 valence electrons. The van der Waals surface area contributed by atoms with E-state index in [1.807, 2.05) is 30.3 Å². The Morgan fingerprint density at radius 2 is 1.76 bits per heavy atom. The molecule has 0 bridgehead atoms. The zero-order valence-corrected chi connectivity index (χ0v) is 11.7. The monoisotopic (exact) mass is 307 g/mol. The lowest BCUT2D eigenvalue weighted by atomic mass is 10.2. The maximum Gasteiger partial charge on any atom is 0.304 e. The van der Waals surface area contributed by atoms with Gasteiger partial charge in [0, 0.05) is 5.56 Å². The molecule has 0 unspecified atom stereocenters. The highest BCUT2D eigenvalue weighted by atomic mass is 32.2. The quantitative estimate of drug-likeness (QED) is 0.834. The van der Waals surface area contributed by atoms with Crippen molar-refractivity contribution < 1.29 is 18.3 Å². The van der Waals surface area contributed by atoms with Crippen molar-refractivity contribution in [1.29, 1.82) is 0 Å². The third kappa shape index (κ3) is 4.53. The molecule has 0 fully saturated rings. The van der Waals surface area contributed by atoms with E-state index < -0.39 is 28.2 Å². The largest absolute Gasteiger partial charge is 0.481 e. The first-order valence-corrected chi connectivity index (χ1v) is 7.71. The van der Waals surface area contributed by atoms with Crippen LogP contribution in [0.25, 0.3) is 11.4 Å². The predicted octanol–water partition coefficient (Wildman–Crippen LogP) is 1.36. The van der Waals surface area contributed by atoms with E-state index in [1.54, 1.807) is 0 Å². The lowest BCUT2D eigenvalue weighted by Crippen LogP contribution is -2.19. The lowest BCUT2D eigenvalue weighted by Gasteiger charge is -2.06. The number of aliphatic carboxylic acids is 1. The minimum Gasteiger partial charge on any atom is -0.481 e. The van der Waals surface area contributed by atoms with Gasteiger partial charge in [-0.2, -0.15) is 0 Å². The van der Waals surface area contributed by atoms with Crippen molar-refractivity contribution in [3.8, 4) is 11.4 Å². The topological polar surface area (TPSA) is 109 Å². The Labute approximate surface area is 121 Å². The fourth-order valence-corrected chi connectivity index (χ4v) is 2.58. The van der Waals surface area contributed by atoms with Crippen LogP contribution in [0.3, 0.4) is 0 Å². The summed E-state index contributed by atoms with van der Waals surface area (Å²) in [5.74, 6) is -1.19. The molecule has 0 aliphatic carbocycles. The van der Waals surface area contributed by atoms with Gasteiger partial charge in [0.1, 0.15) is 0 Å². The van der Waals surface area contributed by atoms with Gasteiger partial charge in [-0.05, 0) is 0 Å². The number of benzene rings is 1. The number of hydrogen-bond acceptors (Lipinski definition) is 5. The molecule has 0 aliphatic heterocycles. The van der Waals surface area contributed by atoms with E-state index in [-0.39, 0.29) is 5.69 Å². The highest BCUT2D eigenvalue weighted by molar-refractivity contribution is 7.92. The van der Waals surface area contributed by atoms with Crippen molar-refractivity contribution >= 4 is 21.7 Å². The SMILES string of the molecule is O=C(O)CCS(=O)(=O)Nc1cnc(-c2ccccc2)nc1. The van der Waals surface area contributed by atoms with Gasteiger partial charge >= 0.3 is 5.97 Å². The van der Waals surface area contributed by atoms with Crippen LogP contribution < -0.4 is 4.72 Å². The van der Waals surface area contributed by atoms with E-state index in [0.29, 0.717) is 5.82 Å². The zero-order valence-electron chi connectivity index (χ0n) is 10.9. The average Bonchev–Trinajstić information content (AvgIpc) is 2.47. The third-order valence-electron chi connectivity index (χ3n) is 2.54. The average molecular weight is 307 g/mol. The van der Waals surface area contributed by atoms with Crippen molar-refractivity contribution in [2.24, 2.45) is 0 Å². The van der Waals surface area contributed by atoms with E-state index in [4.69, 9.17) is 5.11 Å². The summed E-state index contributed by atoms with van der Waals surface area (Å²) in [5.41, 5.74) is 1.01. The smallest absolute Gasteiger partial charge is 0.304 e. The summed E-state index contributed by atoms with van der Waals surface area (Å²) in [6.45, 7) is 0. The molecule has 2 N–H and O–H groups in total. The van der Waals surface area contributed by atoms with Crippen LogP contribution in [0.15, 0.2) is 42.7 Å². The summed E-state index contributed by atoms with van der Waals surface area (Å²) >= 11 is 0. The van der Waals surface area contributed by atoms with Gasteiger partial charge in [0.2, 0.25) is 10.0 Å². The highest BCUT2D eigenvalue weighted by Gasteiger charge is 2.13. The second-order valence-corrected chi connectivity index (χ2v) is 6.07. The van der Waals surface area contributed by atoms with Crippen LogP contribution in [-0.4, -0.2) is 35.2 Å². The first-order valence-electron chi connectivity index (χ1n) is 6.06. The Morgan fingerprint density at radius 3 is 2.33 bits per heavy atom. The molecule has 21 heavy (non-hydrogen) atoms. The molecular formula is C13H13N3O4S. The van der Waals surface area contributed by atoms with Crippen LogP contribution in [0.5, 0.6) is 0 Å². The Morgan fingerprint density at radius 1 is 1.14 bits per heavy atom. The van der Waals surface area contributed by atoms with Gasteiger partial charge in [0.05, 0.1) is 30.3 Å². The number of carboxylic acids is 1. The highest BCUT2D eigenvalue weighted by Crippen LogP contribution is 2.15. The van der Waals surface area contributed by atoms with Gasteiger partial charge in [0.25, 0.3) is 0 Å². The number of hydrogen-bond donors (Lipinski definition) is 2. The van der Waals surface area contributed by atoms with Crippen molar-refractivity contribution in [1.82, 2.24) is 9.97 Å². The minimum absolute atomic E-state index is 0.195. The molecule has 0 radical (unpaired) electrons. The number of sulfonamides is 1. The molecule has 8 heteroatoms. The Kier molecular flexibility index (Phi) is 4.49.